The lowest BCUT2D eigenvalue weighted by Gasteiger charge is -2.19. The van der Waals surface area contributed by atoms with E-state index in [9.17, 15) is 9.59 Å². The number of hydrazone groups is 1. The first kappa shape index (κ1) is 33.2. The number of rotatable bonds is 14. The Bertz CT molecular complexity index is 1420. The van der Waals surface area contributed by atoms with Crippen molar-refractivity contribution in [2.24, 2.45) is 11.0 Å². The Morgan fingerprint density at radius 1 is 1.02 bits per heavy atom. The van der Waals surface area contributed by atoms with E-state index in [0.29, 0.717) is 50.4 Å². The van der Waals surface area contributed by atoms with Gasteiger partial charge in [0, 0.05) is 15.6 Å². The molecule has 0 unspecified atom stereocenters. The third-order valence-electron chi connectivity index (χ3n) is 5.92. The first-order valence-electron chi connectivity index (χ1n) is 13.4. The zero-order chi connectivity index (χ0) is 30.6. The van der Waals surface area contributed by atoms with Gasteiger partial charge in [-0.05, 0) is 83.6 Å². The molecule has 2 amide bonds. The second-order valence-corrected chi connectivity index (χ2v) is 11.5. The van der Waals surface area contributed by atoms with Gasteiger partial charge in [-0.2, -0.15) is 5.10 Å². The molecule has 2 N–H and O–H groups in total. The largest absolute Gasteiger partial charge is 0.490 e. The van der Waals surface area contributed by atoms with E-state index in [1.165, 1.54) is 6.21 Å². The van der Waals surface area contributed by atoms with E-state index in [2.05, 4.69) is 31.8 Å². The third kappa shape index (κ3) is 10.2. The maximum atomic E-state index is 12.9. The molecule has 0 bridgehead atoms. The van der Waals surface area contributed by atoms with E-state index < -0.39 is 17.9 Å². The van der Waals surface area contributed by atoms with Gasteiger partial charge in [0.15, 0.2) is 18.1 Å². The van der Waals surface area contributed by atoms with Crippen LogP contribution in [0.3, 0.4) is 0 Å². The lowest BCUT2D eigenvalue weighted by molar-refractivity contribution is -0.130. The summed E-state index contributed by atoms with van der Waals surface area (Å²) < 4.78 is 18.1. The van der Waals surface area contributed by atoms with Crippen molar-refractivity contribution in [3.8, 4) is 17.2 Å². The van der Waals surface area contributed by atoms with Crippen molar-refractivity contribution in [1.29, 1.82) is 0 Å². The van der Waals surface area contributed by atoms with E-state index >= 15 is 0 Å². The van der Waals surface area contributed by atoms with Gasteiger partial charge in [-0.25, -0.2) is 5.43 Å². The van der Waals surface area contributed by atoms with Crippen molar-refractivity contribution in [1.82, 2.24) is 10.7 Å². The minimum absolute atomic E-state index is 0.155. The van der Waals surface area contributed by atoms with Crippen LogP contribution < -0.4 is 25.0 Å². The number of amides is 2. The van der Waals surface area contributed by atoms with E-state index in [4.69, 9.17) is 37.4 Å². The van der Waals surface area contributed by atoms with Crippen molar-refractivity contribution in [3.63, 3.8) is 0 Å². The van der Waals surface area contributed by atoms with Crippen molar-refractivity contribution in [2.75, 3.05) is 13.2 Å². The topological polar surface area (TPSA) is 98.2 Å². The summed E-state index contributed by atoms with van der Waals surface area (Å²) >= 11 is 15.8. The van der Waals surface area contributed by atoms with Gasteiger partial charge >= 0.3 is 0 Å². The fourth-order valence-corrected chi connectivity index (χ4v) is 4.94. The van der Waals surface area contributed by atoms with Crippen LogP contribution in [0.15, 0.2) is 64.2 Å². The van der Waals surface area contributed by atoms with E-state index in [1.807, 2.05) is 45.9 Å². The Hall–Kier alpha value is -3.27. The standard InChI is InChI=1S/C31H34BrCl2N3O5/c1-5-40-28-14-21(13-24(32)30(28)42-17-22-10-11-23(33)15-25(22)34)16-35-37-31(39)26(12-19(2)3)36-29(38)18-41-27-9-7-6-8-20(27)4/h6-11,13-16,19,26H,5,12,17-18H2,1-4H3,(H,36,38)(H,37,39)/b35-16-/t26-/m1/s1. The summed E-state index contributed by atoms with van der Waals surface area (Å²) in [5.74, 6) is 0.920. The Kier molecular flexibility index (Phi) is 13.0. The second kappa shape index (κ2) is 16.4. The fourth-order valence-electron chi connectivity index (χ4n) is 3.90. The van der Waals surface area contributed by atoms with Gasteiger partial charge in [0.2, 0.25) is 0 Å². The number of halogens is 3. The van der Waals surface area contributed by atoms with Crippen LogP contribution in [0.25, 0.3) is 0 Å². The summed E-state index contributed by atoms with van der Waals surface area (Å²) in [4.78, 5) is 25.5. The maximum Gasteiger partial charge on any atom is 0.262 e. The molecule has 0 heterocycles. The number of aryl methyl sites for hydroxylation is 1. The summed E-state index contributed by atoms with van der Waals surface area (Å²) in [5.41, 5.74) is 4.87. The van der Waals surface area contributed by atoms with E-state index in [1.54, 1.807) is 36.4 Å². The van der Waals surface area contributed by atoms with Crippen LogP contribution >= 0.6 is 39.1 Å². The smallest absolute Gasteiger partial charge is 0.262 e. The molecule has 0 radical (unpaired) electrons. The molecule has 0 saturated carbocycles. The molecule has 0 aromatic heterocycles. The summed E-state index contributed by atoms with van der Waals surface area (Å²) in [7, 11) is 0. The number of carbonyl (C=O) groups is 2. The SMILES string of the molecule is CCOc1cc(/C=N\NC(=O)[C@@H](CC(C)C)NC(=O)COc2ccccc2C)cc(Br)c1OCc1ccc(Cl)cc1Cl. The maximum absolute atomic E-state index is 12.9. The molecule has 8 nitrogen and oxygen atoms in total. The van der Waals surface area contributed by atoms with Crippen LogP contribution in [0.4, 0.5) is 0 Å². The summed E-state index contributed by atoms with van der Waals surface area (Å²) in [6, 6.07) is 15.4. The first-order valence-corrected chi connectivity index (χ1v) is 15.0. The van der Waals surface area contributed by atoms with Crippen LogP contribution in [0.5, 0.6) is 17.2 Å². The molecule has 0 aliphatic carbocycles. The highest BCUT2D eigenvalue weighted by atomic mass is 79.9. The zero-order valence-corrected chi connectivity index (χ0v) is 27.0. The quantitative estimate of drug-likeness (QED) is 0.140. The minimum Gasteiger partial charge on any atom is -0.490 e. The number of ether oxygens (including phenoxy) is 3. The molecule has 3 rings (SSSR count). The van der Waals surface area contributed by atoms with E-state index in [-0.39, 0.29) is 19.1 Å². The Labute approximate surface area is 264 Å². The van der Waals surface area contributed by atoms with Gasteiger partial charge < -0.3 is 19.5 Å². The van der Waals surface area contributed by atoms with E-state index in [0.717, 1.165) is 11.1 Å². The number of nitrogens with one attached hydrogen (secondary N) is 2. The highest BCUT2D eigenvalue weighted by Gasteiger charge is 2.22. The van der Waals surface area contributed by atoms with Crippen LogP contribution in [-0.4, -0.2) is 37.3 Å². The van der Waals surface area contributed by atoms with Crippen molar-refractivity contribution < 1.29 is 23.8 Å². The zero-order valence-electron chi connectivity index (χ0n) is 23.9. The number of para-hydroxylation sites is 1. The Morgan fingerprint density at radius 2 is 1.79 bits per heavy atom. The Balaban J connectivity index is 1.64. The summed E-state index contributed by atoms with van der Waals surface area (Å²) in [6.07, 6.45) is 1.92. The predicted molar refractivity (Wildman–Crippen MR) is 170 cm³/mol. The average molecular weight is 679 g/mol. The normalized spacial score (nSPS) is 11.8. The molecule has 224 valence electrons. The molecular weight excluding hydrogens is 645 g/mol. The summed E-state index contributed by atoms with van der Waals surface area (Å²) in [5, 5.41) is 7.91. The molecule has 0 aliphatic heterocycles. The van der Waals surface area contributed by atoms with Crippen LogP contribution in [-0.2, 0) is 16.2 Å². The number of nitrogens with zero attached hydrogens (tertiary/aromatic N) is 1. The highest BCUT2D eigenvalue weighted by molar-refractivity contribution is 9.10. The average Bonchev–Trinajstić information content (AvgIpc) is 2.92. The van der Waals surface area contributed by atoms with Gasteiger partial charge in [0.25, 0.3) is 11.8 Å². The van der Waals surface area contributed by atoms with Crippen LogP contribution in [0, 0.1) is 12.8 Å². The molecule has 0 saturated heterocycles. The first-order chi connectivity index (χ1) is 20.1. The molecule has 0 aliphatic rings. The number of carbonyl (C=O) groups excluding carboxylic acids is 2. The number of hydrogen-bond donors (Lipinski definition) is 2. The fraction of sp³-hybridized carbons (Fsp3) is 0.323. The highest BCUT2D eigenvalue weighted by Crippen LogP contribution is 2.37. The van der Waals surface area contributed by atoms with Crippen LogP contribution in [0.2, 0.25) is 10.0 Å². The predicted octanol–water partition coefficient (Wildman–Crippen LogP) is 7.10. The lowest BCUT2D eigenvalue weighted by Crippen LogP contribution is -2.47. The van der Waals surface area contributed by atoms with Gasteiger partial charge in [0.1, 0.15) is 18.4 Å². The molecule has 0 spiro atoms. The molecule has 3 aromatic rings. The molecule has 0 fully saturated rings. The molecule has 1 atom stereocenters. The second-order valence-electron chi connectivity index (χ2n) is 9.83. The molecule has 11 heteroatoms. The van der Waals surface area contributed by atoms with Crippen molar-refractivity contribution in [2.45, 2.75) is 46.8 Å². The van der Waals surface area contributed by atoms with Gasteiger partial charge in [-0.1, -0.05) is 61.3 Å². The van der Waals surface area contributed by atoms with Gasteiger partial charge in [-0.3, -0.25) is 9.59 Å². The molecule has 42 heavy (non-hydrogen) atoms. The minimum atomic E-state index is -0.781. The van der Waals surface area contributed by atoms with Crippen LogP contribution in [0.1, 0.15) is 43.9 Å². The number of hydrogen-bond acceptors (Lipinski definition) is 6. The van der Waals surface area contributed by atoms with Crippen molar-refractivity contribution in [3.05, 3.63) is 85.8 Å². The Morgan fingerprint density at radius 3 is 2.48 bits per heavy atom. The van der Waals surface area contributed by atoms with Gasteiger partial charge in [-0.15, -0.1) is 0 Å². The lowest BCUT2D eigenvalue weighted by atomic mass is 10.0. The molecule has 3 aromatic carbocycles. The van der Waals surface area contributed by atoms with Crippen molar-refractivity contribution >= 4 is 57.2 Å². The molecular formula is C31H34BrCl2N3O5. The third-order valence-corrected chi connectivity index (χ3v) is 7.09. The van der Waals surface area contributed by atoms with Gasteiger partial charge in [0.05, 0.1) is 17.3 Å². The number of benzene rings is 3. The summed E-state index contributed by atoms with van der Waals surface area (Å²) in [6.45, 7) is 8.11. The monoisotopic (exact) mass is 677 g/mol.